The van der Waals surface area contributed by atoms with Crippen molar-refractivity contribution >= 4 is 21.8 Å². The molecule has 160 valence electrons. The van der Waals surface area contributed by atoms with Gasteiger partial charge in [-0.1, -0.05) is 31.0 Å². The van der Waals surface area contributed by atoms with Crippen LogP contribution in [-0.4, -0.2) is 44.2 Å². The van der Waals surface area contributed by atoms with Crippen LogP contribution in [0.15, 0.2) is 47.4 Å². The normalized spacial score (nSPS) is 15.4. The molecule has 1 saturated heterocycles. The molecule has 0 aromatic heterocycles. The molecule has 1 aliphatic heterocycles. The van der Waals surface area contributed by atoms with Crippen molar-refractivity contribution in [2.24, 2.45) is 0 Å². The third-order valence-electron chi connectivity index (χ3n) is 5.44. The van der Waals surface area contributed by atoms with Crippen molar-refractivity contribution in [2.45, 2.75) is 44.4 Å². The Bertz CT molecular complexity index is 1040. The van der Waals surface area contributed by atoms with E-state index in [2.05, 4.69) is 0 Å². The quantitative estimate of drug-likeness (QED) is 0.514. The number of hydrogen-bond acceptors (Lipinski definition) is 5. The lowest BCUT2D eigenvalue weighted by molar-refractivity contribution is 0.0474. The number of aryl methyl sites for hydroxylation is 2. The summed E-state index contributed by atoms with van der Waals surface area (Å²) in [6, 6.07) is 11.1. The maximum Gasteiger partial charge on any atom is 0.338 e. The smallest absolute Gasteiger partial charge is 0.338 e. The van der Waals surface area contributed by atoms with Gasteiger partial charge >= 0.3 is 5.97 Å². The van der Waals surface area contributed by atoms with Crippen LogP contribution in [0.3, 0.4) is 0 Å². The SMILES string of the molecule is Cc1ccc(C(=O)COC(=O)c2cccc(S(=O)(=O)N3CCCCCC3)c2)cc1C. The van der Waals surface area contributed by atoms with Gasteiger partial charge in [-0.15, -0.1) is 0 Å². The molecule has 1 aliphatic rings. The molecule has 0 N–H and O–H groups in total. The average molecular weight is 430 g/mol. The highest BCUT2D eigenvalue weighted by atomic mass is 32.2. The van der Waals surface area contributed by atoms with Crippen molar-refractivity contribution in [2.75, 3.05) is 19.7 Å². The second-order valence-corrected chi connectivity index (χ2v) is 9.58. The van der Waals surface area contributed by atoms with Gasteiger partial charge in [0.05, 0.1) is 10.5 Å². The molecular formula is C23H27NO5S. The number of carbonyl (C=O) groups excluding carboxylic acids is 2. The van der Waals surface area contributed by atoms with E-state index in [9.17, 15) is 18.0 Å². The summed E-state index contributed by atoms with van der Waals surface area (Å²) in [4.78, 5) is 24.8. The Morgan fingerprint density at radius 3 is 2.27 bits per heavy atom. The molecule has 1 fully saturated rings. The first kappa shape index (κ1) is 22.2. The maximum absolute atomic E-state index is 12.9. The number of rotatable bonds is 6. The van der Waals surface area contributed by atoms with Crippen LogP contribution in [-0.2, 0) is 14.8 Å². The summed E-state index contributed by atoms with van der Waals surface area (Å²) in [6.45, 7) is 4.44. The highest BCUT2D eigenvalue weighted by molar-refractivity contribution is 7.89. The third kappa shape index (κ3) is 5.15. The Morgan fingerprint density at radius 2 is 1.60 bits per heavy atom. The van der Waals surface area contributed by atoms with Gasteiger partial charge in [0.2, 0.25) is 10.0 Å². The summed E-state index contributed by atoms with van der Waals surface area (Å²) in [5.74, 6) is -1.03. The molecule has 0 saturated carbocycles. The Kier molecular flexibility index (Phi) is 7.05. The van der Waals surface area contributed by atoms with Crippen LogP contribution >= 0.6 is 0 Å². The Balaban J connectivity index is 1.69. The van der Waals surface area contributed by atoms with E-state index in [-0.39, 0.29) is 16.2 Å². The van der Waals surface area contributed by atoms with E-state index in [1.807, 2.05) is 19.9 Å². The molecule has 0 unspecified atom stereocenters. The molecule has 6 nitrogen and oxygen atoms in total. The number of ketones is 1. The van der Waals surface area contributed by atoms with E-state index in [1.165, 1.54) is 28.6 Å². The van der Waals surface area contributed by atoms with Gasteiger partial charge in [-0.05, 0) is 62.1 Å². The molecule has 0 radical (unpaired) electrons. The fraction of sp³-hybridized carbons (Fsp3) is 0.391. The van der Waals surface area contributed by atoms with E-state index in [4.69, 9.17) is 4.74 Å². The van der Waals surface area contributed by atoms with Crippen LogP contribution in [0.5, 0.6) is 0 Å². The van der Waals surface area contributed by atoms with Gasteiger partial charge in [-0.25, -0.2) is 13.2 Å². The Hall–Kier alpha value is -2.51. The van der Waals surface area contributed by atoms with Crippen molar-refractivity contribution < 1.29 is 22.7 Å². The molecular weight excluding hydrogens is 402 g/mol. The molecule has 0 aliphatic carbocycles. The maximum atomic E-state index is 12.9. The predicted octanol–water partition coefficient (Wildman–Crippen LogP) is 3.91. The number of hydrogen-bond donors (Lipinski definition) is 0. The summed E-state index contributed by atoms with van der Waals surface area (Å²) in [5, 5.41) is 0. The highest BCUT2D eigenvalue weighted by Crippen LogP contribution is 2.21. The number of sulfonamides is 1. The van der Waals surface area contributed by atoms with Gasteiger partial charge in [0, 0.05) is 18.7 Å². The molecule has 0 atom stereocenters. The summed E-state index contributed by atoms with van der Waals surface area (Å²) >= 11 is 0. The first-order valence-corrected chi connectivity index (χ1v) is 11.6. The monoisotopic (exact) mass is 429 g/mol. The van der Waals surface area contributed by atoms with Gasteiger partial charge in [0.25, 0.3) is 0 Å². The van der Waals surface area contributed by atoms with Crippen molar-refractivity contribution in [3.63, 3.8) is 0 Å². The molecule has 1 heterocycles. The van der Waals surface area contributed by atoms with Crippen molar-refractivity contribution in [1.82, 2.24) is 4.31 Å². The predicted molar refractivity (Wildman–Crippen MR) is 114 cm³/mol. The standard InChI is InChI=1S/C23H27NO5S/c1-17-10-11-19(14-18(17)2)22(25)16-29-23(26)20-8-7-9-21(15-20)30(27,28)24-12-5-3-4-6-13-24/h7-11,14-15H,3-6,12-13,16H2,1-2H3. The van der Waals surface area contributed by atoms with Gasteiger partial charge in [0.1, 0.15) is 0 Å². The van der Waals surface area contributed by atoms with Crippen LogP contribution in [0.25, 0.3) is 0 Å². The molecule has 0 spiro atoms. The molecule has 3 rings (SSSR count). The second kappa shape index (κ2) is 9.53. The van der Waals surface area contributed by atoms with Gasteiger partial charge in [-0.3, -0.25) is 4.79 Å². The van der Waals surface area contributed by atoms with Crippen LogP contribution in [0.1, 0.15) is 57.5 Å². The number of benzene rings is 2. The summed E-state index contributed by atoms with van der Waals surface area (Å²) in [5.41, 5.74) is 2.65. The van der Waals surface area contributed by atoms with E-state index in [0.717, 1.165) is 36.8 Å². The zero-order chi connectivity index (χ0) is 21.7. The van der Waals surface area contributed by atoms with Gasteiger partial charge in [-0.2, -0.15) is 4.31 Å². The van der Waals surface area contributed by atoms with Crippen LogP contribution in [0, 0.1) is 13.8 Å². The molecule has 0 amide bonds. The number of nitrogens with zero attached hydrogens (tertiary/aromatic N) is 1. The minimum absolute atomic E-state index is 0.0688. The van der Waals surface area contributed by atoms with Gasteiger partial charge < -0.3 is 4.74 Å². The fourth-order valence-corrected chi connectivity index (χ4v) is 4.99. The second-order valence-electron chi connectivity index (χ2n) is 7.64. The lowest BCUT2D eigenvalue weighted by atomic mass is 10.0. The first-order chi connectivity index (χ1) is 14.3. The van der Waals surface area contributed by atoms with E-state index < -0.39 is 22.6 Å². The summed E-state index contributed by atoms with van der Waals surface area (Å²) in [7, 11) is -3.67. The number of ether oxygens (including phenoxy) is 1. The van der Waals surface area contributed by atoms with Gasteiger partial charge in [0.15, 0.2) is 12.4 Å². The zero-order valence-electron chi connectivity index (χ0n) is 17.4. The lowest BCUT2D eigenvalue weighted by Gasteiger charge is -2.20. The first-order valence-electron chi connectivity index (χ1n) is 10.2. The number of carbonyl (C=O) groups is 2. The van der Waals surface area contributed by atoms with E-state index in [0.29, 0.717) is 18.7 Å². The fourth-order valence-electron chi connectivity index (χ4n) is 3.43. The Morgan fingerprint density at radius 1 is 0.900 bits per heavy atom. The summed E-state index contributed by atoms with van der Waals surface area (Å²) in [6.07, 6.45) is 3.71. The largest absolute Gasteiger partial charge is 0.454 e. The van der Waals surface area contributed by atoms with Crippen LogP contribution in [0.4, 0.5) is 0 Å². The number of Topliss-reactive ketones (excluding diaryl/α,β-unsaturated/α-hetero) is 1. The van der Waals surface area contributed by atoms with Crippen molar-refractivity contribution in [3.8, 4) is 0 Å². The topological polar surface area (TPSA) is 80.8 Å². The molecule has 7 heteroatoms. The van der Waals surface area contributed by atoms with E-state index in [1.54, 1.807) is 12.1 Å². The molecule has 2 aromatic rings. The minimum atomic E-state index is -3.67. The average Bonchev–Trinajstić information content (AvgIpc) is 3.04. The zero-order valence-corrected chi connectivity index (χ0v) is 18.2. The highest BCUT2D eigenvalue weighted by Gasteiger charge is 2.26. The Labute approximate surface area is 177 Å². The molecule has 30 heavy (non-hydrogen) atoms. The third-order valence-corrected chi connectivity index (χ3v) is 7.33. The van der Waals surface area contributed by atoms with Crippen molar-refractivity contribution in [1.29, 1.82) is 0 Å². The van der Waals surface area contributed by atoms with Crippen molar-refractivity contribution in [3.05, 3.63) is 64.7 Å². The minimum Gasteiger partial charge on any atom is -0.454 e. The van der Waals surface area contributed by atoms with E-state index >= 15 is 0 Å². The van der Waals surface area contributed by atoms with Crippen LogP contribution in [0.2, 0.25) is 0 Å². The molecule has 2 aromatic carbocycles. The molecule has 0 bridgehead atoms. The lowest BCUT2D eigenvalue weighted by Crippen LogP contribution is -2.32. The number of esters is 1. The summed E-state index contributed by atoms with van der Waals surface area (Å²) < 4.78 is 32.5. The van der Waals surface area contributed by atoms with Crippen LogP contribution < -0.4 is 0 Å².